The van der Waals surface area contributed by atoms with E-state index in [0.717, 1.165) is 5.69 Å². The van der Waals surface area contributed by atoms with Crippen LogP contribution in [-0.4, -0.2) is 74.0 Å². The first-order valence-electron chi connectivity index (χ1n) is 11.2. The van der Waals surface area contributed by atoms with Gasteiger partial charge < -0.3 is 29.5 Å². The monoisotopic (exact) mass is 631 g/mol. The topological polar surface area (TPSA) is 53.4 Å². The third kappa shape index (κ3) is 8.45. The molecule has 1 aliphatic heterocycles. The van der Waals surface area contributed by atoms with Crippen molar-refractivity contribution in [2.45, 2.75) is 46.3 Å². The van der Waals surface area contributed by atoms with E-state index in [4.69, 9.17) is 10.2 Å². The molecule has 2 unspecified atom stereocenters. The van der Waals surface area contributed by atoms with Gasteiger partial charge in [0.1, 0.15) is 0 Å². The van der Waals surface area contributed by atoms with E-state index >= 15 is 0 Å². The van der Waals surface area contributed by atoms with E-state index in [1.807, 2.05) is 6.07 Å². The Morgan fingerprint density at radius 2 is 1.45 bits per heavy atom. The Morgan fingerprint density at radius 3 is 1.91 bits per heavy atom. The third-order valence-electron chi connectivity index (χ3n) is 5.35. The molecule has 2 atom stereocenters. The van der Waals surface area contributed by atoms with Gasteiger partial charge in [-0.1, -0.05) is 19.1 Å². The summed E-state index contributed by atoms with van der Waals surface area (Å²) in [5.41, 5.74) is 4.82. The van der Waals surface area contributed by atoms with Gasteiger partial charge >= 0.3 is 34.8 Å². The second kappa shape index (κ2) is 13.6. The summed E-state index contributed by atoms with van der Waals surface area (Å²) in [6, 6.07) is 18.4. The molecule has 2 N–H and O–H groups in total. The van der Waals surface area contributed by atoms with Crippen LogP contribution in [0, 0.1) is 26.6 Å². The van der Waals surface area contributed by atoms with Gasteiger partial charge in [-0.05, 0) is 78.8 Å². The van der Waals surface area contributed by atoms with Crippen LogP contribution in [0.25, 0.3) is 0 Å². The minimum Gasteiger partial charge on any atom is -0.559 e. The molecule has 0 aliphatic carbocycles. The molecular formula is C24H38B2N4O2Pt. The molecule has 0 bridgehead atoms. The van der Waals surface area contributed by atoms with Crippen molar-refractivity contribution >= 4 is 25.1 Å². The molecule has 3 rings (SSSR count). The maximum Gasteiger partial charge on any atom is 2.00 e. The van der Waals surface area contributed by atoms with Crippen molar-refractivity contribution in [2.75, 3.05) is 37.8 Å². The fourth-order valence-corrected chi connectivity index (χ4v) is 4.01. The molecular weight excluding hydrogens is 593 g/mol. The van der Waals surface area contributed by atoms with Crippen LogP contribution in [0.15, 0.2) is 42.5 Å². The molecule has 1 heterocycles. The predicted octanol–water partition coefficient (Wildman–Crippen LogP) is 2.86. The largest absolute Gasteiger partial charge is 2.00 e. The van der Waals surface area contributed by atoms with Crippen LogP contribution in [0.1, 0.15) is 31.4 Å². The SMILES string of the molecule is CC(O)CC(C)O.Cc1cc[c-]c(N2[CH-]N(c3cccc(C)c3)B(N(C)C)B2N(C)C)c1.[Pt+2]. The Kier molecular flexibility index (Phi) is 12.2. The molecule has 0 spiro atoms. The van der Waals surface area contributed by atoms with Crippen molar-refractivity contribution in [3.63, 3.8) is 0 Å². The van der Waals surface area contributed by atoms with E-state index in [1.165, 1.54) is 16.8 Å². The Balaban J connectivity index is 0.000000595. The third-order valence-corrected chi connectivity index (χ3v) is 5.35. The fourth-order valence-electron chi connectivity index (χ4n) is 4.01. The molecule has 2 aromatic carbocycles. The second-order valence-electron chi connectivity index (χ2n) is 9.21. The number of aliphatic hydroxyl groups is 2. The minimum absolute atomic E-state index is 0. The van der Waals surface area contributed by atoms with Gasteiger partial charge in [0.05, 0.1) is 12.2 Å². The summed E-state index contributed by atoms with van der Waals surface area (Å²) in [7, 11) is 8.55. The average molecular weight is 631 g/mol. The molecule has 0 saturated carbocycles. The fraction of sp³-hybridized carbons (Fsp3) is 0.458. The van der Waals surface area contributed by atoms with Crippen LogP contribution in [-0.2, 0) is 21.1 Å². The maximum atomic E-state index is 8.56. The molecule has 1 fully saturated rings. The van der Waals surface area contributed by atoms with Crippen LogP contribution in [0.2, 0.25) is 0 Å². The maximum absolute atomic E-state index is 8.56. The number of nitrogens with zero attached hydrogens (tertiary/aromatic N) is 4. The van der Waals surface area contributed by atoms with Crippen molar-refractivity contribution in [1.82, 2.24) is 9.62 Å². The molecule has 0 radical (unpaired) electrons. The zero-order valence-electron chi connectivity index (χ0n) is 21.1. The normalized spacial score (nSPS) is 15.4. The first kappa shape index (κ1) is 29.7. The van der Waals surface area contributed by atoms with E-state index in [0.29, 0.717) is 6.42 Å². The molecule has 33 heavy (non-hydrogen) atoms. The summed E-state index contributed by atoms with van der Waals surface area (Å²) in [5, 5.41) is 17.1. The van der Waals surface area contributed by atoms with Crippen LogP contribution in [0.4, 0.5) is 11.4 Å². The molecule has 1 aliphatic rings. The Hall–Kier alpha value is -1.30. The van der Waals surface area contributed by atoms with Gasteiger partial charge in [-0.15, -0.1) is 11.8 Å². The quantitative estimate of drug-likeness (QED) is 0.378. The van der Waals surface area contributed by atoms with Crippen LogP contribution in [0.5, 0.6) is 0 Å². The van der Waals surface area contributed by atoms with Gasteiger partial charge in [0, 0.05) is 0 Å². The van der Waals surface area contributed by atoms with E-state index in [2.05, 4.69) is 110 Å². The molecule has 1 saturated heterocycles. The summed E-state index contributed by atoms with van der Waals surface area (Å²) >= 11 is 0. The van der Waals surface area contributed by atoms with Gasteiger partial charge in [-0.2, -0.15) is 30.4 Å². The van der Waals surface area contributed by atoms with Crippen LogP contribution < -0.4 is 9.62 Å². The zero-order valence-corrected chi connectivity index (χ0v) is 23.4. The van der Waals surface area contributed by atoms with Crippen molar-refractivity contribution in [3.8, 4) is 0 Å². The van der Waals surface area contributed by atoms with Crippen molar-refractivity contribution in [1.29, 1.82) is 0 Å². The Labute approximate surface area is 216 Å². The van der Waals surface area contributed by atoms with Gasteiger partial charge in [-0.3, -0.25) is 0 Å². The van der Waals surface area contributed by atoms with Crippen molar-refractivity contribution < 1.29 is 31.3 Å². The molecule has 0 amide bonds. The Morgan fingerprint density at radius 1 is 0.909 bits per heavy atom. The Bertz CT molecular complexity index is 787. The molecule has 6 nitrogen and oxygen atoms in total. The van der Waals surface area contributed by atoms with Crippen LogP contribution in [0.3, 0.4) is 0 Å². The first-order valence-corrected chi connectivity index (χ1v) is 11.2. The van der Waals surface area contributed by atoms with E-state index in [9.17, 15) is 0 Å². The van der Waals surface area contributed by atoms with E-state index in [1.54, 1.807) is 13.8 Å². The van der Waals surface area contributed by atoms with Gasteiger partial charge in [-0.25, -0.2) is 0 Å². The van der Waals surface area contributed by atoms with Gasteiger partial charge in [0.15, 0.2) is 0 Å². The average Bonchev–Trinajstić information content (AvgIpc) is 3.09. The van der Waals surface area contributed by atoms with E-state index < -0.39 is 0 Å². The summed E-state index contributed by atoms with van der Waals surface area (Å²) in [6.07, 6.45) is -0.278. The van der Waals surface area contributed by atoms with Gasteiger partial charge in [0.2, 0.25) is 0 Å². The van der Waals surface area contributed by atoms with Crippen LogP contribution >= 0.6 is 0 Å². The minimum atomic E-state index is -0.375. The van der Waals surface area contributed by atoms with Gasteiger partial charge in [0.25, 0.3) is 0 Å². The molecule has 0 aromatic heterocycles. The van der Waals surface area contributed by atoms with Crippen molar-refractivity contribution in [3.05, 3.63) is 66.3 Å². The molecule has 9 heteroatoms. The number of anilines is 2. The number of hydrogen-bond donors (Lipinski definition) is 2. The number of aryl methyl sites for hydroxylation is 2. The van der Waals surface area contributed by atoms with E-state index in [-0.39, 0.29) is 47.0 Å². The summed E-state index contributed by atoms with van der Waals surface area (Å²) in [5.74, 6) is 0. The number of hydrogen-bond acceptors (Lipinski definition) is 6. The molecule has 182 valence electrons. The first-order chi connectivity index (χ1) is 15.0. The standard InChI is InChI=1S/C19H26B2N4.C5H12O2.Pt/c1-16-9-7-11-18(13-16)24-15-25(19-12-8-10-17(2)14-19)21(23(5)6)20(24)22(3)4;1-4(6)3-5(2)7;/h7-11,13-15H,1-6H3;4-7H,3H2,1-2H3;/q-2;;+2. The number of rotatable bonds is 6. The zero-order chi connectivity index (χ0) is 24.0. The second-order valence-corrected chi connectivity index (χ2v) is 9.21. The number of benzene rings is 2. The summed E-state index contributed by atoms with van der Waals surface area (Å²) < 4.78 is 0. The summed E-state index contributed by atoms with van der Waals surface area (Å²) in [6.45, 7) is 10.2. The number of aliphatic hydroxyl groups excluding tert-OH is 2. The predicted molar refractivity (Wildman–Crippen MR) is 137 cm³/mol. The molecule has 2 aromatic rings. The van der Waals surface area contributed by atoms with Crippen molar-refractivity contribution in [2.24, 2.45) is 0 Å². The summed E-state index contributed by atoms with van der Waals surface area (Å²) in [4.78, 5) is 9.22. The smallest absolute Gasteiger partial charge is 0.559 e.